The minimum Gasteiger partial charge on any atom is -0.238 e. The van der Waals surface area contributed by atoms with Gasteiger partial charge in [-0.2, -0.15) is 0 Å². The fraction of sp³-hybridized carbons (Fsp3) is 0.250. The minimum atomic E-state index is -1.16. The largest absolute Gasteiger partial charge is 0.238 e. The van der Waals surface area contributed by atoms with E-state index in [0.717, 1.165) is 17.5 Å². The van der Waals surface area contributed by atoms with Crippen LogP contribution in [0.3, 0.4) is 0 Å². The molecule has 1 heteroatoms. The van der Waals surface area contributed by atoms with Crippen LogP contribution in [0.1, 0.15) is 29.9 Å². The van der Waals surface area contributed by atoms with Crippen LogP contribution >= 0.6 is 0 Å². The number of halogens is 1. The van der Waals surface area contributed by atoms with Crippen LogP contribution in [0.25, 0.3) is 0 Å². The third-order valence-corrected chi connectivity index (χ3v) is 3.80. The van der Waals surface area contributed by atoms with Crippen LogP contribution in [0.15, 0.2) is 60.7 Å². The molecule has 0 saturated heterocycles. The smallest absolute Gasteiger partial charge is 0.142 e. The predicted molar refractivity (Wildman–Crippen MR) is 67.6 cm³/mol. The molecule has 1 aliphatic carbocycles. The van der Waals surface area contributed by atoms with Crippen molar-refractivity contribution in [3.8, 4) is 0 Å². The van der Waals surface area contributed by atoms with Crippen LogP contribution in [0.4, 0.5) is 4.39 Å². The van der Waals surface area contributed by atoms with Crippen molar-refractivity contribution in [2.45, 2.75) is 24.4 Å². The van der Waals surface area contributed by atoms with Crippen LogP contribution in [0.5, 0.6) is 0 Å². The molecule has 1 aliphatic rings. The summed E-state index contributed by atoms with van der Waals surface area (Å²) in [6.45, 7) is 0. The molecule has 17 heavy (non-hydrogen) atoms. The lowest BCUT2D eigenvalue weighted by Crippen LogP contribution is -2.38. The van der Waals surface area contributed by atoms with Gasteiger partial charge in [-0.25, -0.2) is 4.39 Å². The van der Waals surface area contributed by atoms with Crippen molar-refractivity contribution in [3.05, 3.63) is 71.8 Å². The van der Waals surface area contributed by atoms with Gasteiger partial charge in [0.25, 0.3) is 0 Å². The van der Waals surface area contributed by atoms with Gasteiger partial charge in [0.2, 0.25) is 0 Å². The van der Waals surface area contributed by atoms with Crippen molar-refractivity contribution in [2.75, 3.05) is 0 Å². The van der Waals surface area contributed by atoms with Gasteiger partial charge < -0.3 is 0 Å². The van der Waals surface area contributed by atoms with Crippen LogP contribution < -0.4 is 0 Å². The van der Waals surface area contributed by atoms with Crippen LogP contribution in [-0.4, -0.2) is 0 Å². The van der Waals surface area contributed by atoms with E-state index in [1.807, 2.05) is 60.7 Å². The predicted octanol–water partition coefficient (Wildman–Crippen LogP) is 4.43. The Balaban J connectivity index is 1.95. The van der Waals surface area contributed by atoms with Gasteiger partial charge in [0, 0.05) is 5.92 Å². The first-order valence-electron chi connectivity index (χ1n) is 6.10. The fourth-order valence-electron chi connectivity index (χ4n) is 2.72. The highest BCUT2D eigenvalue weighted by Gasteiger charge is 2.49. The van der Waals surface area contributed by atoms with E-state index in [9.17, 15) is 4.39 Å². The van der Waals surface area contributed by atoms with Crippen LogP contribution in [0.2, 0.25) is 0 Å². The monoisotopic (exact) mass is 226 g/mol. The lowest BCUT2D eigenvalue weighted by Gasteiger charge is -2.44. The van der Waals surface area contributed by atoms with Crippen molar-refractivity contribution in [1.29, 1.82) is 0 Å². The maximum atomic E-state index is 15.0. The average molecular weight is 226 g/mol. The molecule has 0 spiro atoms. The average Bonchev–Trinajstić information content (AvgIpc) is 2.39. The molecule has 2 aromatic carbocycles. The Morgan fingerprint density at radius 2 is 1.47 bits per heavy atom. The van der Waals surface area contributed by atoms with Gasteiger partial charge in [-0.3, -0.25) is 0 Å². The van der Waals surface area contributed by atoms with Gasteiger partial charge in [0.05, 0.1) is 0 Å². The van der Waals surface area contributed by atoms with Crippen molar-refractivity contribution in [1.82, 2.24) is 0 Å². The summed E-state index contributed by atoms with van der Waals surface area (Å²) in [4.78, 5) is 0. The lowest BCUT2D eigenvalue weighted by molar-refractivity contribution is 0.0269. The second-order valence-corrected chi connectivity index (χ2v) is 4.73. The molecule has 3 rings (SSSR count). The normalized spacial score (nSPS) is 27.5. The van der Waals surface area contributed by atoms with Crippen molar-refractivity contribution in [3.63, 3.8) is 0 Å². The summed E-state index contributed by atoms with van der Waals surface area (Å²) in [6.07, 6.45) is 1.58. The maximum Gasteiger partial charge on any atom is 0.142 e. The first-order chi connectivity index (χ1) is 8.31. The minimum absolute atomic E-state index is 0.0195. The van der Waals surface area contributed by atoms with E-state index in [2.05, 4.69) is 0 Å². The van der Waals surface area contributed by atoms with E-state index in [-0.39, 0.29) is 5.92 Å². The van der Waals surface area contributed by atoms with E-state index in [0.29, 0.717) is 6.42 Å². The topological polar surface area (TPSA) is 0 Å². The second-order valence-electron chi connectivity index (χ2n) is 4.73. The number of rotatable bonds is 2. The van der Waals surface area contributed by atoms with E-state index in [1.165, 1.54) is 0 Å². The molecule has 0 radical (unpaired) electrons. The third-order valence-electron chi connectivity index (χ3n) is 3.80. The molecule has 0 N–H and O–H groups in total. The molecule has 0 bridgehead atoms. The highest BCUT2D eigenvalue weighted by atomic mass is 19.1. The summed E-state index contributed by atoms with van der Waals surface area (Å²) in [7, 11) is 0. The molecule has 0 nitrogen and oxygen atoms in total. The molecular formula is C16H15F. The Morgan fingerprint density at radius 3 is 2.00 bits per heavy atom. The van der Waals surface area contributed by atoms with Gasteiger partial charge >= 0.3 is 0 Å². The molecule has 0 unspecified atom stereocenters. The zero-order chi connectivity index (χ0) is 11.7. The summed E-state index contributed by atoms with van der Waals surface area (Å²) in [5, 5.41) is 0. The van der Waals surface area contributed by atoms with E-state index >= 15 is 0 Å². The molecule has 0 aromatic heterocycles. The number of hydrogen-bond acceptors (Lipinski definition) is 0. The molecule has 86 valence electrons. The summed E-state index contributed by atoms with van der Waals surface area (Å²) in [6, 6.07) is 19.6. The molecular weight excluding hydrogens is 211 g/mol. The van der Waals surface area contributed by atoms with Gasteiger partial charge in [0.1, 0.15) is 5.67 Å². The molecule has 2 atom stereocenters. The Labute approximate surface area is 101 Å². The number of hydrogen-bond donors (Lipinski definition) is 0. The highest BCUT2D eigenvalue weighted by Crippen LogP contribution is 2.55. The van der Waals surface area contributed by atoms with Crippen LogP contribution in [-0.2, 0) is 5.67 Å². The van der Waals surface area contributed by atoms with E-state index < -0.39 is 5.67 Å². The summed E-state index contributed by atoms with van der Waals surface area (Å²) in [5.74, 6) is 0.0195. The first kappa shape index (κ1) is 10.5. The fourth-order valence-corrected chi connectivity index (χ4v) is 2.72. The lowest BCUT2D eigenvalue weighted by atomic mass is 9.64. The first-order valence-corrected chi connectivity index (χ1v) is 6.10. The second kappa shape index (κ2) is 3.99. The van der Waals surface area contributed by atoms with Crippen LogP contribution in [0, 0.1) is 0 Å². The Bertz CT molecular complexity index is 491. The molecule has 0 amide bonds. The summed E-state index contributed by atoms with van der Waals surface area (Å²) < 4.78 is 15.0. The number of benzene rings is 2. The van der Waals surface area contributed by atoms with Crippen molar-refractivity contribution >= 4 is 0 Å². The van der Waals surface area contributed by atoms with Gasteiger partial charge in [-0.15, -0.1) is 0 Å². The Kier molecular flexibility index (Phi) is 2.47. The SMILES string of the molecule is F[C@]1(c2ccccc2)CC[C@@H]1c1ccccc1. The Hall–Kier alpha value is -1.63. The quantitative estimate of drug-likeness (QED) is 0.710. The molecule has 1 saturated carbocycles. The summed E-state index contributed by atoms with van der Waals surface area (Å²) in [5.41, 5.74) is 0.771. The van der Waals surface area contributed by atoms with E-state index in [4.69, 9.17) is 0 Å². The van der Waals surface area contributed by atoms with Gasteiger partial charge in [-0.1, -0.05) is 60.7 Å². The maximum absolute atomic E-state index is 15.0. The molecule has 0 aliphatic heterocycles. The van der Waals surface area contributed by atoms with Gasteiger partial charge in [-0.05, 0) is 24.0 Å². The third kappa shape index (κ3) is 1.66. The van der Waals surface area contributed by atoms with E-state index in [1.54, 1.807) is 0 Å². The van der Waals surface area contributed by atoms with Crippen molar-refractivity contribution in [2.24, 2.45) is 0 Å². The zero-order valence-electron chi connectivity index (χ0n) is 9.64. The highest BCUT2D eigenvalue weighted by molar-refractivity contribution is 5.34. The molecule has 2 aromatic rings. The summed E-state index contributed by atoms with van der Waals surface area (Å²) >= 11 is 0. The standard InChI is InChI=1S/C16H15F/c17-16(14-9-5-2-6-10-14)12-11-15(16)13-7-3-1-4-8-13/h1-10,15H,11-12H2/t15-,16+/m1/s1. The number of alkyl halides is 1. The van der Waals surface area contributed by atoms with Gasteiger partial charge in [0.15, 0.2) is 0 Å². The molecule has 0 heterocycles. The Morgan fingerprint density at radius 1 is 0.882 bits per heavy atom. The van der Waals surface area contributed by atoms with Crippen molar-refractivity contribution < 1.29 is 4.39 Å². The molecule has 1 fully saturated rings. The zero-order valence-corrected chi connectivity index (χ0v) is 9.64.